The Kier molecular flexibility index (Phi) is 4.65. The van der Waals surface area contributed by atoms with Gasteiger partial charge in [-0.1, -0.05) is 6.07 Å². The summed E-state index contributed by atoms with van der Waals surface area (Å²) in [7, 11) is 1.94. The molecule has 0 bridgehead atoms. The average Bonchev–Trinajstić information content (AvgIpc) is 3.29. The number of aryl methyl sites for hydroxylation is 1. The third-order valence-electron chi connectivity index (χ3n) is 5.46. The molecule has 4 heterocycles. The highest BCUT2D eigenvalue weighted by Gasteiger charge is 2.45. The fraction of sp³-hybridized carbons (Fsp3) is 0.500. The molecular formula is C18H23N5O3S. The van der Waals surface area contributed by atoms with E-state index in [4.69, 9.17) is 4.74 Å². The van der Waals surface area contributed by atoms with Crippen molar-refractivity contribution < 1.29 is 14.3 Å². The zero-order chi connectivity index (χ0) is 19.0. The minimum atomic E-state index is -0.615. The predicted octanol–water partition coefficient (Wildman–Crippen LogP) is 1.92. The van der Waals surface area contributed by atoms with Gasteiger partial charge in [0.25, 0.3) is 5.91 Å². The van der Waals surface area contributed by atoms with E-state index in [1.807, 2.05) is 29.4 Å². The summed E-state index contributed by atoms with van der Waals surface area (Å²) in [6.07, 6.45) is 2.76. The lowest BCUT2D eigenvalue weighted by Gasteiger charge is -2.46. The van der Waals surface area contributed by atoms with Gasteiger partial charge < -0.3 is 4.74 Å². The van der Waals surface area contributed by atoms with Crippen molar-refractivity contribution in [3.63, 3.8) is 0 Å². The molecule has 0 radical (unpaired) electrons. The van der Waals surface area contributed by atoms with Gasteiger partial charge in [0.1, 0.15) is 5.60 Å². The van der Waals surface area contributed by atoms with Gasteiger partial charge in [-0.2, -0.15) is 5.10 Å². The predicted molar refractivity (Wildman–Crippen MR) is 100 cm³/mol. The van der Waals surface area contributed by atoms with Crippen molar-refractivity contribution in [2.45, 2.75) is 31.9 Å². The Morgan fingerprint density at radius 3 is 2.81 bits per heavy atom. The molecule has 9 heteroatoms. The number of hydrogen-bond donors (Lipinski definition) is 1. The first-order valence-corrected chi connectivity index (χ1v) is 9.89. The molecule has 2 aliphatic heterocycles. The molecule has 4 rings (SSSR count). The molecule has 2 aliphatic rings. The zero-order valence-electron chi connectivity index (χ0n) is 15.5. The fourth-order valence-electron chi connectivity index (χ4n) is 3.66. The normalized spacial score (nSPS) is 19.8. The number of carbonyl (C=O) groups is 2. The second-order valence-electron chi connectivity index (χ2n) is 7.21. The number of thiophene rings is 1. The van der Waals surface area contributed by atoms with Crippen molar-refractivity contribution in [1.29, 1.82) is 0 Å². The second kappa shape index (κ2) is 6.97. The summed E-state index contributed by atoms with van der Waals surface area (Å²) >= 11 is 1.37. The second-order valence-corrected chi connectivity index (χ2v) is 8.16. The Morgan fingerprint density at radius 2 is 2.19 bits per heavy atom. The Balaban J connectivity index is 1.41. The van der Waals surface area contributed by atoms with Crippen molar-refractivity contribution in [2.75, 3.05) is 19.6 Å². The van der Waals surface area contributed by atoms with Crippen molar-refractivity contribution in [1.82, 2.24) is 25.1 Å². The topological polar surface area (TPSA) is 79.7 Å². The molecular weight excluding hydrogens is 366 g/mol. The highest BCUT2D eigenvalue weighted by Crippen LogP contribution is 2.31. The van der Waals surface area contributed by atoms with Crippen LogP contribution in [0.1, 0.15) is 33.8 Å². The standard InChI is InChI=1S/C18H23N5O3S/c1-13-14(10-19-21(13)2)11-22-7-5-18(6-8-22)12-23(20-17(25)26-18)16(24)15-4-3-9-27-15/h3-4,9-10H,5-8,11-12H2,1-2H3,(H,20,25). The number of nitrogens with one attached hydrogen (secondary N) is 1. The first-order valence-electron chi connectivity index (χ1n) is 9.01. The summed E-state index contributed by atoms with van der Waals surface area (Å²) in [5.74, 6) is -0.186. The number of amides is 2. The van der Waals surface area contributed by atoms with Gasteiger partial charge in [0.15, 0.2) is 0 Å². The molecule has 144 valence electrons. The number of rotatable bonds is 3. The van der Waals surface area contributed by atoms with E-state index in [9.17, 15) is 9.59 Å². The molecule has 1 spiro atoms. The summed E-state index contributed by atoms with van der Waals surface area (Å²) < 4.78 is 7.53. The van der Waals surface area contributed by atoms with E-state index in [0.717, 1.165) is 25.3 Å². The van der Waals surface area contributed by atoms with Gasteiger partial charge >= 0.3 is 6.09 Å². The fourth-order valence-corrected chi connectivity index (χ4v) is 4.34. The minimum Gasteiger partial charge on any atom is -0.440 e. The minimum absolute atomic E-state index is 0.186. The quantitative estimate of drug-likeness (QED) is 0.868. The van der Waals surface area contributed by atoms with E-state index in [2.05, 4.69) is 22.3 Å². The zero-order valence-corrected chi connectivity index (χ0v) is 16.3. The molecule has 27 heavy (non-hydrogen) atoms. The van der Waals surface area contributed by atoms with Crippen molar-refractivity contribution >= 4 is 23.3 Å². The van der Waals surface area contributed by atoms with Crippen LogP contribution in [0, 0.1) is 6.92 Å². The van der Waals surface area contributed by atoms with Crippen molar-refractivity contribution in [3.8, 4) is 0 Å². The summed E-state index contributed by atoms with van der Waals surface area (Å²) in [4.78, 5) is 27.7. The van der Waals surface area contributed by atoms with Crippen LogP contribution in [0.5, 0.6) is 0 Å². The van der Waals surface area contributed by atoms with Crippen LogP contribution >= 0.6 is 11.3 Å². The average molecular weight is 389 g/mol. The number of aromatic nitrogens is 2. The first kappa shape index (κ1) is 18.0. The molecule has 0 saturated carbocycles. The monoisotopic (exact) mass is 389 g/mol. The van der Waals surface area contributed by atoms with Crippen LogP contribution < -0.4 is 5.43 Å². The van der Waals surface area contributed by atoms with Crippen LogP contribution in [0.4, 0.5) is 4.79 Å². The maximum absolute atomic E-state index is 12.6. The van der Waals surface area contributed by atoms with Crippen molar-refractivity contribution in [2.24, 2.45) is 7.05 Å². The molecule has 2 amide bonds. The highest BCUT2D eigenvalue weighted by atomic mass is 32.1. The van der Waals surface area contributed by atoms with Gasteiger partial charge in [0.2, 0.25) is 0 Å². The summed E-state index contributed by atoms with van der Waals surface area (Å²) in [6, 6.07) is 3.59. The third-order valence-corrected chi connectivity index (χ3v) is 6.31. The van der Waals surface area contributed by atoms with E-state index in [1.165, 1.54) is 21.9 Å². The largest absolute Gasteiger partial charge is 0.440 e. The van der Waals surface area contributed by atoms with Gasteiger partial charge in [0.05, 0.1) is 17.6 Å². The number of hydrazine groups is 1. The summed E-state index contributed by atoms with van der Waals surface area (Å²) in [5, 5.41) is 7.55. The number of ether oxygens (including phenoxy) is 1. The van der Waals surface area contributed by atoms with Gasteiger partial charge in [-0.25, -0.2) is 15.2 Å². The number of carbonyl (C=O) groups excluding carboxylic acids is 2. The Morgan fingerprint density at radius 1 is 1.41 bits per heavy atom. The van der Waals surface area contributed by atoms with Crippen LogP contribution in [0.15, 0.2) is 23.7 Å². The van der Waals surface area contributed by atoms with Crippen LogP contribution in [0.2, 0.25) is 0 Å². The molecule has 2 aromatic rings. The number of piperidine rings is 1. The molecule has 8 nitrogen and oxygen atoms in total. The molecule has 0 atom stereocenters. The maximum atomic E-state index is 12.6. The highest BCUT2D eigenvalue weighted by molar-refractivity contribution is 7.12. The number of nitrogens with zero attached hydrogens (tertiary/aromatic N) is 4. The van der Waals surface area contributed by atoms with Gasteiger partial charge in [-0.15, -0.1) is 11.3 Å². The molecule has 2 fully saturated rings. The lowest BCUT2D eigenvalue weighted by Crippen LogP contribution is -2.63. The van der Waals surface area contributed by atoms with Crippen LogP contribution in [-0.4, -0.2) is 56.9 Å². The first-order chi connectivity index (χ1) is 13.0. The Bertz CT molecular complexity index is 839. The summed E-state index contributed by atoms with van der Waals surface area (Å²) in [5.41, 5.74) is 4.30. The lowest BCUT2D eigenvalue weighted by molar-refractivity contribution is -0.0887. The van der Waals surface area contributed by atoms with Crippen LogP contribution in [0.3, 0.4) is 0 Å². The lowest BCUT2D eigenvalue weighted by atomic mass is 9.90. The smallest absolute Gasteiger partial charge is 0.426 e. The van der Waals surface area contributed by atoms with E-state index < -0.39 is 11.7 Å². The molecule has 0 aromatic carbocycles. The molecule has 1 N–H and O–H groups in total. The molecule has 2 aromatic heterocycles. The molecule has 2 saturated heterocycles. The molecule has 0 aliphatic carbocycles. The third kappa shape index (κ3) is 3.57. The van der Waals surface area contributed by atoms with Gasteiger partial charge in [-0.05, 0) is 18.4 Å². The number of likely N-dealkylation sites (tertiary alicyclic amines) is 1. The Labute approximate surface area is 161 Å². The van der Waals surface area contributed by atoms with Crippen LogP contribution in [0.25, 0.3) is 0 Å². The number of hydrogen-bond acceptors (Lipinski definition) is 6. The Hall–Kier alpha value is -2.39. The van der Waals surface area contributed by atoms with Gasteiger partial charge in [0, 0.05) is 50.8 Å². The SMILES string of the molecule is Cc1c(CN2CCC3(CC2)CN(C(=O)c2cccs2)NC(=O)O3)cnn1C. The van der Waals surface area contributed by atoms with E-state index >= 15 is 0 Å². The molecule has 0 unspecified atom stereocenters. The summed E-state index contributed by atoms with van der Waals surface area (Å²) in [6.45, 7) is 4.89. The van der Waals surface area contributed by atoms with Crippen LogP contribution in [-0.2, 0) is 18.3 Å². The van der Waals surface area contributed by atoms with Gasteiger partial charge in [-0.3, -0.25) is 14.4 Å². The van der Waals surface area contributed by atoms with E-state index in [1.54, 1.807) is 6.07 Å². The van der Waals surface area contributed by atoms with E-state index in [0.29, 0.717) is 24.3 Å². The maximum Gasteiger partial charge on any atom is 0.426 e. The van der Waals surface area contributed by atoms with E-state index in [-0.39, 0.29) is 5.91 Å². The van der Waals surface area contributed by atoms with Crippen molar-refractivity contribution in [3.05, 3.63) is 39.8 Å².